The van der Waals surface area contributed by atoms with Crippen LogP contribution < -0.4 is 10.9 Å². The number of hydrogen-bond acceptors (Lipinski definition) is 3. The molecule has 0 radical (unpaired) electrons. The second-order valence-corrected chi connectivity index (χ2v) is 5.23. The first-order valence-corrected chi connectivity index (χ1v) is 6.79. The molecule has 1 amide bonds. The van der Waals surface area contributed by atoms with Crippen LogP contribution in [0.1, 0.15) is 48.9 Å². The fraction of sp³-hybridized carbons (Fsp3) is 0.571. The summed E-state index contributed by atoms with van der Waals surface area (Å²) in [6, 6.07) is 3.09. The SMILES string of the molecule is O=C(NCC1(O)CCCCCC1)c1ccc[nH]c1=O. The van der Waals surface area contributed by atoms with Crippen LogP contribution in [0.2, 0.25) is 0 Å². The lowest BCUT2D eigenvalue weighted by molar-refractivity contribution is 0.0246. The van der Waals surface area contributed by atoms with E-state index in [9.17, 15) is 14.7 Å². The minimum atomic E-state index is -0.826. The maximum absolute atomic E-state index is 11.9. The van der Waals surface area contributed by atoms with Gasteiger partial charge in [0.2, 0.25) is 0 Å². The van der Waals surface area contributed by atoms with Gasteiger partial charge >= 0.3 is 0 Å². The molecule has 3 N–H and O–H groups in total. The van der Waals surface area contributed by atoms with E-state index >= 15 is 0 Å². The summed E-state index contributed by atoms with van der Waals surface area (Å²) in [7, 11) is 0. The zero-order chi connectivity index (χ0) is 13.7. The van der Waals surface area contributed by atoms with Crippen molar-refractivity contribution in [2.24, 2.45) is 0 Å². The molecule has 0 aromatic carbocycles. The fourth-order valence-corrected chi connectivity index (χ4v) is 2.50. The number of aliphatic hydroxyl groups is 1. The van der Waals surface area contributed by atoms with Crippen molar-refractivity contribution in [2.45, 2.75) is 44.1 Å². The summed E-state index contributed by atoms with van der Waals surface area (Å²) in [5.41, 5.74) is -1.15. The summed E-state index contributed by atoms with van der Waals surface area (Å²) in [5, 5.41) is 13.1. The van der Waals surface area contributed by atoms with Crippen molar-refractivity contribution < 1.29 is 9.90 Å². The van der Waals surface area contributed by atoms with E-state index in [2.05, 4.69) is 10.3 Å². The molecule has 5 heteroatoms. The van der Waals surface area contributed by atoms with E-state index in [4.69, 9.17) is 0 Å². The number of nitrogens with one attached hydrogen (secondary N) is 2. The van der Waals surface area contributed by atoms with E-state index < -0.39 is 17.1 Å². The van der Waals surface area contributed by atoms with E-state index in [1.165, 1.54) is 12.3 Å². The zero-order valence-corrected chi connectivity index (χ0v) is 10.9. The number of amides is 1. The van der Waals surface area contributed by atoms with Gasteiger partial charge in [-0.15, -0.1) is 0 Å². The van der Waals surface area contributed by atoms with Crippen molar-refractivity contribution in [3.05, 3.63) is 34.2 Å². The molecule has 0 unspecified atom stereocenters. The topological polar surface area (TPSA) is 82.2 Å². The number of aromatic amines is 1. The molecule has 0 saturated heterocycles. The lowest BCUT2D eigenvalue weighted by Gasteiger charge is -2.26. The highest BCUT2D eigenvalue weighted by Gasteiger charge is 2.28. The van der Waals surface area contributed by atoms with Crippen LogP contribution in [0.5, 0.6) is 0 Å². The molecule has 0 bridgehead atoms. The molecule has 0 aliphatic heterocycles. The fourth-order valence-electron chi connectivity index (χ4n) is 2.50. The average molecular weight is 264 g/mol. The van der Waals surface area contributed by atoms with E-state index in [0.717, 1.165) is 25.7 Å². The van der Waals surface area contributed by atoms with Gasteiger partial charge in [0.15, 0.2) is 0 Å². The largest absolute Gasteiger partial charge is 0.388 e. The Kier molecular flexibility index (Phi) is 4.37. The lowest BCUT2D eigenvalue weighted by Crippen LogP contribution is -2.43. The average Bonchev–Trinajstić information content (AvgIpc) is 2.62. The van der Waals surface area contributed by atoms with Crippen molar-refractivity contribution in [1.29, 1.82) is 0 Å². The normalized spacial score (nSPS) is 18.6. The van der Waals surface area contributed by atoms with Crippen LogP contribution in [0, 0.1) is 0 Å². The monoisotopic (exact) mass is 264 g/mol. The molecular formula is C14H20N2O3. The molecule has 0 spiro atoms. The van der Waals surface area contributed by atoms with Gasteiger partial charge in [-0.25, -0.2) is 0 Å². The molecule has 5 nitrogen and oxygen atoms in total. The van der Waals surface area contributed by atoms with Gasteiger partial charge in [0, 0.05) is 12.7 Å². The van der Waals surface area contributed by atoms with Crippen molar-refractivity contribution in [2.75, 3.05) is 6.54 Å². The Morgan fingerprint density at radius 3 is 2.63 bits per heavy atom. The number of carbonyl (C=O) groups excluding carboxylic acids is 1. The predicted molar refractivity (Wildman–Crippen MR) is 72.0 cm³/mol. The van der Waals surface area contributed by atoms with Crippen molar-refractivity contribution in [1.82, 2.24) is 10.3 Å². The van der Waals surface area contributed by atoms with Gasteiger partial charge in [-0.05, 0) is 25.0 Å². The molecule has 1 aliphatic carbocycles. The molecule has 1 aromatic heterocycles. The summed E-state index contributed by atoms with van der Waals surface area (Å²) in [4.78, 5) is 25.8. The van der Waals surface area contributed by atoms with Crippen molar-refractivity contribution >= 4 is 5.91 Å². The van der Waals surface area contributed by atoms with Crippen molar-refractivity contribution in [3.8, 4) is 0 Å². The molecular weight excluding hydrogens is 244 g/mol. The van der Waals surface area contributed by atoms with Gasteiger partial charge in [-0.3, -0.25) is 9.59 Å². The maximum atomic E-state index is 11.9. The Hall–Kier alpha value is -1.62. The van der Waals surface area contributed by atoms with E-state index in [-0.39, 0.29) is 12.1 Å². The van der Waals surface area contributed by atoms with Crippen LogP contribution in [0.4, 0.5) is 0 Å². The Balaban J connectivity index is 1.96. The Morgan fingerprint density at radius 1 is 1.32 bits per heavy atom. The standard InChI is InChI=1S/C14H20N2O3/c17-12-11(6-5-9-15-12)13(18)16-10-14(19)7-3-1-2-4-8-14/h5-6,9,19H,1-4,7-8,10H2,(H,15,17)(H,16,18). The van der Waals surface area contributed by atoms with Crippen LogP contribution in [0.15, 0.2) is 23.1 Å². The molecule has 104 valence electrons. The van der Waals surface area contributed by atoms with E-state index in [0.29, 0.717) is 12.8 Å². The van der Waals surface area contributed by atoms with Crippen LogP contribution >= 0.6 is 0 Å². The summed E-state index contributed by atoms with van der Waals surface area (Å²) < 4.78 is 0. The predicted octanol–water partition coefficient (Wildman–Crippen LogP) is 1.19. The first-order valence-electron chi connectivity index (χ1n) is 6.79. The summed E-state index contributed by atoms with van der Waals surface area (Å²) in [6.45, 7) is 0.208. The second kappa shape index (κ2) is 6.02. The highest BCUT2D eigenvalue weighted by Crippen LogP contribution is 2.26. The Labute approximate surface area is 112 Å². The first-order chi connectivity index (χ1) is 9.11. The van der Waals surface area contributed by atoms with E-state index in [1.54, 1.807) is 6.07 Å². The number of hydrogen-bond donors (Lipinski definition) is 3. The number of H-pyrrole nitrogens is 1. The minimum Gasteiger partial charge on any atom is -0.388 e. The third-order valence-corrected chi connectivity index (χ3v) is 3.68. The molecule has 2 rings (SSSR count). The maximum Gasteiger partial charge on any atom is 0.260 e. The van der Waals surface area contributed by atoms with Crippen molar-refractivity contribution in [3.63, 3.8) is 0 Å². The first kappa shape index (κ1) is 13.8. The van der Waals surface area contributed by atoms with Gasteiger partial charge in [-0.1, -0.05) is 25.7 Å². The molecule has 0 atom stereocenters. The number of aromatic nitrogens is 1. The highest BCUT2D eigenvalue weighted by atomic mass is 16.3. The lowest BCUT2D eigenvalue weighted by atomic mass is 9.94. The summed E-state index contributed by atoms with van der Waals surface area (Å²) in [5.74, 6) is -0.431. The smallest absolute Gasteiger partial charge is 0.260 e. The van der Waals surface area contributed by atoms with Gasteiger partial charge in [-0.2, -0.15) is 0 Å². The molecule has 1 saturated carbocycles. The zero-order valence-electron chi connectivity index (χ0n) is 10.9. The number of rotatable bonds is 3. The van der Waals surface area contributed by atoms with Crippen LogP contribution in [-0.2, 0) is 0 Å². The van der Waals surface area contributed by atoms with Gasteiger partial charge in [0.05, 0.1) is 5.60 Å². The van der Waals surface area contributed by atoms with Gasteiger partial charge in [0.25, 0.3) is 11.5 Å². The third kappa shape index (κ3) is 3.67. The molecule has 1 aliphatic rings. The summed E-state index contributed by atoms with van der Waals surface area (Å²) >= 11 is 0. The minimum absolute atomic E-state index is 0.0831. The number of pyridine rings is 1. The number of carbonyl (C=O) groups is 1. The molecule has 1 heterocycles. The second-order valence-electron chi connectivity index (χ2n) is 5.23. The van der Waals surface area contributed by atoms with Crippen LogP contribution in [-0.4, -0.2) is 28.1 Å². The molecule has 1 fully saturated rings. The van der Waals surface area contributed by atoms with E-state index in [1.807, 2.05) is 0 Å². The third-order valence-electron chi connectivity index (χ3n) is 3.68. The van der Waals surface area contributed by atoms with Crippen LogP contribution in [0.25, 0.3) is 0 Å². The van der Waals surface area contributed by atoms with Gasteiger partial charge in [0.1, 0.15) is 5.56 Å². The Morgan fingerprint density at radius 2 is 2.00 bits per heavy atom. The van der Waals surface area contributed by atoms with Gasteiger partial charge < -0.3 is 15.4 Å². The van der Waals surface area contributed by atoms with Crippen LogP contribution in [0.3, 0.4) is 0 Å². The quantitative estimate of drug-likeness (QED) is 0.717. The Bertz CT molecular complexity index is 487. The molecule has 19 heavy (non-hydrogen) atoms. The molecule has 1 aromatic rings. The highest BCUT2D eigenvalue weighted by molar-refractivity contribution is 5.93. The summed E-state index contributed by atoms with van der Waals surface area (Å²) in [6.07, 6.45) is 7.13.